The Bertz CT molecular complexity index is 440. The summed E-state index contributed by atoms with van der Waals surface area (Å²) >= 11 is 9.01. The molecule has 0 radical (unpaired) electrons. The number of nitriles is 1. The van der Waals surface area contributed by atoms with E-state index in [1.54, 1.807) is 6.92 Å². The minimum absolute atomic E-state index is 0.216. The lowest BCUT2D eigenvalue weighted by molar-refractivity contribution is 0.0526. The number of benzene rings is 1. The highest BCUT2D eigenvalue weighted by atomic mass is 79.9. The second-order valence-electron chi connectivity index (χ2n) is 2.64. The maximum Gasteiger partial charge on any atom is 0.339 e. The molecule has 0 spiro atoms. The van der Waals surface area contributed by atoms with Gasteiger partial charge in [0.1, 0.15) is 6.07 Å². The van der Waals surface area contributed by atoms with Gasteiger partial charge in [-0.1, -0.05) is 11.6 Å². The van der Waals surface area contributed by atoms with Crippen molar-refractivity contribution in [2.75, 3.05) is 6.61 Å². The van der Waals surface area contributed by atoms with E-state index in [9.17, 15) is 4.79 Å². The van der Waals surface area contributed by atoms with Crippen LogP contribution < -0.4 is 0 Å². The van der Waals surface area contributed by atoms with Gasteiger partial charge in [0, 0.05) is 4.47 Å². The second kappa shape index (κ2) is 5.15. The van der Waals surface area contributed by atoms with Gasteiger partial charge in [0.05, 0.1) is 22.8 Å². The Morgan fingerprint density at radius 3 is 2.87 bits per heavy atom. The summed E-state index contributed by atoms with van der Waals surface area (Å²) in [5.41, 5.74) is 0.637. The zero-order valence-electron chi connectivity index (χ0n) is 7.88. The van der Waals surface area contributed by atoms with E-state index in [-0.39, 0.29) is 17.2 Å². The lowest BCUT2D eigenvalue weighted by Gasteiger charge is -2.05. The molecule has 0 aliphatic rings. The van der Waals surface area contributed by atoms with Gasteiger partial charge in [-0.2, -0.15) is 5.26 Å². The van der Waals surface area contributed by atoms with Crippen LogP contribution >= 0.6 is 27.5 Å². The van der Waals surface area contributed by atoms with E-state index in [4.69, 9.17) is 21.6 Å². The Morgan fingerprint density at radius 1 is 1.67 bits per heavy atom. The van der Waals surface area contributed by atoms with E-state index in [0.29, 0.717) is 10.0 Å². The van der Waals surface area contributed by atoms with Crippen LogP contribution in [0.3, 0.4) is 0 Å². The first-order valence-electron chi connectivity index (χ1n) is 4.16. The molecule has 15 heavy (non-hydrogen) atoms. The van der Waals surface area contributed by atoms with E-state index >= 15 is 0 Å². The molecular weight excluding hydrogens is 281 g/mol. The monoisotopic (exact) mass is 287 g/mol. The number of hydrogen-bond acceptors (Lipinski definition) is 3. The first kappa shape index (κ1) is 12.0. The van der Waals surface area contributed by atoms with Crippen molar-refractivity contribution in [1.29, 1.82) is 5.26 Å². The number of carbonyl (C=O) groups is 1. The van der Waals surface area contributed by atoms with E-state index < -0.39 is 5.97 Å². The van der Waals surface area contributed by atoms with Gasteiger partial charge in [-0.05, 0) is 35.0 Å². The van der Waals surface area contributed by atoms with Crippen molar-refractivity contribution < 1.29 is 9.53 Å². The molecule has 0 fully saturated rings. The fourth-order valence-corrected chi connectivity index (χ4v) is 1.67. The predicted molar refractivity (Wildman–Crippen MR) is 59.8 cm³/mol. The minimum atomic E-state index is -0.493. The third kappa shape index (κ3) is 2.71. The van der Waals surface area contributed by atoms with Crippen LogP contribution in [0.25, 0.3) is 0 Å². The molecule has 0 aliphatic heterocycles. The largest absolute Gasteiger partial charge is 0.462 e. The number of halogens is 2. The highest BCUT2D eigenvalue weighted by Gasteiger charge is 2.14. The van der Waals surface area contributed by atoms with Crippen LogP contribution in [0, 0.1) is 11.3 Å². The molecule has 0 atom stereocenters. The first-order valence-corrected chi connectivity index (χ1v) is 5.33. The van der Waals surface area contributed by atoms with Crippen LogP contribution in [-0.4, -0.2) is 12.6 Å². The predicted octanol–water partition coefficient (Wildman–Crippen LogP) is 3.15. The fourth-order valence-electron chi connectivity index (χ4n) is 0.998. The molecule has 0 unspecified atom stereocenters. The third-order valence-corrected chi connectivity index (χ3v) is 2.64. The maximum atomic E-state index is 11.4. The van der Waals surface area contributed by atoms with E-state index in [1.165, 1.54) is 12.1 Å². The van der Waals surface area contributed by atoms with Gasteiger partial charge in [-0.25, -0.2) is 4.79 Å². The molecule has 0 saturated heterocycles. The molecule has 0 saturated carbocycles. The van der Waals surface area contributed by atoms with Gasteiger partial charge in [0.15, 0.2) is 0 Å². The summed E-state index contributed by atoms with van der Waals surface area (Å²) in [4.78, 5) is 11.4. The first-order chi connectivity index (χ1) is 7.10. The lowest BCUT2D eigenvalue weighted by atomic mass is 10.1. The summed E-state index contributed by atoms with van der Waals surface area (Å²) in [7, 11) is 0. The van der Waals surface area contributed by atoms with Crippen molar-refractivity contribution in [2.45, 2.75) is 6.92 Å². The summed E-state index contributed by atoms with van der Waals surface area (Å²) in [6, 6.07) is 4.86. The van der Waals surface area contributed by atoms with E-state index in [0.717, 1.165) is 0 Å². The molecule has 1 rings (SSSR count). The van der Waals surface area contributed by atoms with Crippen molar-refractivity contribution in [3.8, 4) is 6.07 Å². The molecule has 1 aromatic rings. The van der Waals surface area contributed by atoms with Crippen molar-refractivity contribution in [3.63, 3.8) is 0 Å². The summed E-state index contributed by atoms with van der Waals surface area (Å²) < 4.78 is 5.34. The van der Waals surface area contributed by atoms with E-state index in [1.807, 2.05) is 6.07 Å². The van der Waals surface area contributed by atoms with Gasteiger partial charge in [0.25, 0.3) is 0 Å². The molecule has 3 nitrogen and oxygen atoms in total. The Labute approximate surface area is 101 Å². The number of rotatable bonds is 2. The van der Waals surface area contributed by atoms with Crippen LogP contribution in [0.15, 0.2) is 16.6 Å². The SMILES string of the molecule is CCOC(=O)c1cc(Br)c(C#N)cc1Cl. The van der Waals surface area contributed by atoms with Crippen LogP contribution in [0.1, 0.15) is 22.8 Å². The summed E-state index contributed by atoms with van der Waals surface area (Å²) in [6.45, 7) is 2.00. The van der Waals surface area contributed by atoms with E-state index in [2.05, 4.69) is 15.9 Å². The van der Waals surface area contributed by atoms with Gasteiger partial charge < -0.3 is 4.74 Å². The molecule has 5 heteroatoms. The average Bonchev–Trinajstić information content (AvgIpc) is 2.21. The van der Waals surface area contributed by atoms with Gasteiger partial charge in [-0.15, -0.1) is 0 Å². The lowest BCUT2D eigenvalue weighted by Crippen LogP contribution is -2.05. The normalized spacial score (nSPS) is 9.47. The smallest absolute Gasteiger partial charge is 0.339 e. The highest BCUT2D eigenvalue weighted by molar-refractivity contribution is 9.10. The minimum Gasteiger partial charge on any atom is -0.462 e. The molecule has 1 aromatic carbocycles. The molecule has 0 amide bonds. The number of ether oxygens (including phenoxy) is 1. The quantitative estimate of drug-likeness (QED) is 0.786. The average molecular weight is 289 g/mol. The Kier molecular flexibility index (Phi) is 4.13. The zero-order valence-corrected chi connectivity index (χ0v) is 10.2. The molecule has 78 valence electrons. The zero-order chi connectivity index (χ0) is 11.4. The number of nitrogens with zero attached hydrogens (tertiary/aromatic N) is 1. The number of esters is 1. The van der Waals surface area contributed by atoms with Crippen molar-refractivity contribution in [1.82, 2.24) is 0 Å². The molecule has 0 bridgehead atoms. The Balaban J connectivity index is 3.17. The van der Waals surface area contributed by atoms with Crippen LogP contribution in [-0.2, 0) is 4.74 Å². The molecule has 0 N–H and O–H groups in total. The van der Waals surface area contributed by atoms with Crippen molar-refractivity contribution in [3.05, 3.63) is 32.8 Å². The summed E-state index contributed by atoms with van der Waals surface area (Å²) in [5.74, 6) is -0.493. The molecule has 0 aliphatic carbocycles. The molecule has 0 heterocycles. The number of carbonyl (C=O) groups excluding carboxylic acids is 1. The Morgan fingerprint density at radius 2 is 2.33 bits per heavy atom. The Hall–Kier alpha value is -1.05. The highest BCUT2D eigenvalue weighted by Crippen LogP contribution is 2.25. The summed E-state index contributed by atoms with van der Waals surface area (Å²) in [6.07, 6.45) is 0. The fraction of sp³-hybridized carbons (Fsp3) is 0.200. The third-order valence-electron chi connectivity index (χ3n) is 1.67. The molecular formula is C10H7BrClNO2. The van der Waals surface area contributed by atoms with Crippen LogP contribution in [0.5, 0.6) is 0 Å². The second-order valence-corrected chi connectivity index (χ2v) is 3.91. The van der Waals surface area contributed by atoms with Crippen LogP contribution in [0.4, 0.5) is 0 Å². The van der Waals surface area contributed by atoms with Gasteiger partial charge in [-0.3, -0.25) is 0 Å². The van der Waals surface area contributed by atoms with Gasteiger partial charge >= 0.3 is 5.97 Å². The number of hydrogen-bond donors (Lipinski definition) is 0. The van der Waals surface area contributed by atoms with Gasteiger partial charge in [0.2, 0.25) is 0 Å². The maximum absolute atomic E-state index is 11.4. The van der Waals surface area contributed by atoms with Crippen LogP contribution in [0.2, 0.25) is 5.02 Å². The topological polar surface area (TPSA) is 50.1 Å². The molecule has 0 aromatic heterocycles. The van der Waals surface area contributed by atoms with Crippen molar-refractivity contribution >= 4 is 33.5 Å². The standard InChI is InChI=1S/C10H7BrClNO2/c1-2-15-10(14)7-4-8(11)6(5-13)3-9(7)12/h3-4H,2H2,1H3. The van der Waals surface area contributed by atoms with Crippen molar-refractivity contribution in [2.24, 2.45) is 0 Å². The summed E-state index contributed by atoms with van der Waals surface area (Å²) in [5, 5.41) is 8.94.